The van der Waals surface area contributed by atoms with Crippen LogP contribution >= 0.6 is 0 Å². The minimum absolute atomic E-state index is 0.781. The van der Waals surface area contributed by atoms with Gasteiger partial charge in [0.1, 0.15) is 5.82 Å². The van der Waals surface area contributed by atoms with Gasteiger partial charge in [0.2, 0.25) is 5.95 Å². The number of anilines is 2. The van der Waals surface area contributed by atoms with Gasteiger partial charge in [0.05, 0.1) is 0 Å². The number of piperazine rings is 1. The lowest BCUT2D eigenvalue weighted by Gasteiger charge is -2.35. The molecule has 0 radical (unpaired) electrons. The summed E-state index contributed by atoms with van der Waals surface area (Å²) in [5.74, 6) is 2.79. The Kier molecular flexibility index (Phi) is 5.58. The van der Waals surface area contributed by atoms with Gasteiger partial charge in [-0.1, -0.05) is 30.3 Å². The van der Waals surface area contributed by atoms with Crippen LogP contribution in [-0.4, -0.2) is 61.2 Å². The Morgan fingerprint density at radius 2 is 1.59 bits per heavy atom. The smallest absolute Gasteiger partial charge is 0.227 e. The van der Waals surface area contributed by atoms with E-state index in [1.165, 1.54) is 24.8 Å². The standard InChI is InChI=1S/C22H31N5/c1-18-16-21(24-22(23-18)27-14-12-25(2)13-15-27)26-10-8-20(9-11-26)17-19-6-4-3-5-7-19/h3-7,16,20H,8-15,17H2,1-2H3. The van der Waals surface area contributed by atoms with Crippen LogP contribution < -0.4 is 9.80 Å². The van der Waals surface area contributed by atoms with E-state index in [-0.39, 0.29) is 0 Å². The highest BCUT2D eigenvalue weighted by atomic mass is 15.3. The highest BCUT2D eigenvalue weighted by molar-refractivity contribution is 5.46. The van der Waals surface area contributed by atoms with Crippen LogP contribution in [0.2, 0.25) is 0 Å². The summed E-state index contributed by atoms with van der Waals surface area (Å²) in [6, 6.07) is 13.0. The summed E-state index contributed by atoms with van der Waals surface area (Å²) < 4.78 is 0. The average Bonchev–Trinajstić information content (AvgIpc) is 2.69. The molecule has 2 aliphatic heterocycles. The SMILES string of the molecule is Cc1cc(N2CCC(Cc3ccccc3)CC2)nc(N2CCN(C)CC2)n1. The molecule has 2 aromatic rings. The third-order valence-corrected chi connectivity index (χ3v) is 5.92. The van der Waals surface area contributed by atoms with Crippen molar-refractivity contribution in [3.05, 3.63) is 47.7 Å². The van der Waals surface area contributed by atoms with E-state index in [1.807, 2.05) is 0 Å². The molecule has 0 aliphatic carbocycles. The number of nitrogens with zero attached hydrogens (tertiary/aromatic N) is 5. The van der Waals surface area contributed by atoms with Crippen LogP contribution in [0.25, 0.3) is 0 Å². The molecule has 1 aromatic carbocycles. The Morgan fingerprint density at radius 1 is 0.889 bits per heavy atom. The molecule has 0 saturated carbocycles. The highest BCUT2D eigenvalue weighted by Gasteiger charge is 2.23. The summed E-state index contributed by atoms with van der Waals surface area (Å²) in [6.07, 6.45) is 3.67. The number of benzene rings is 1. The average molecular weight is 366 g/mol. The molecule has 5 heteroatoms. The number of piperidine rings is 1. The van der Waals surface area contributed by atoms with Crippen molar-refractivity contribution in [3.63, 3.8) is 0 Å². The minimum Gasteiger partial charge on any atom is -0.356 e. The zero-order chi connectivity index (χ0) is 18.6. The van der Waals surface area contributed by atoms with Crippen LogP contribution in [0.5, 0.6) is 0 Å². The molecule has 2 saturated heterocycles. The number of likely N-dealkylation sites (N-methyl/N-ethyl adjacent to an activating group) is 1. The van der Waals surface area contributed by atoms with Crippen molar-refractivity contribution in [1.82, 2.24) is 14.9 Å². The fraction of sp³-hybridized carbons (Fsp3) is 0.545. The van der Waals surface area contributed by atoms with Crippen LogP contribution in [0, 0.1) is 12.8 Å². The molecule has 0 atom stereocenters. The quantitative estimate of drug-likeness (QED) is 0.832. The predicted octanol–water partition coefficient (Wildman–Crippen LogP) is 3.00. The largest absolute Gasteiger partial charge is 0.356 e. The maximum absolute atomic E-state index is 4.94. The molecule has 0 spiro atoms. The molecule has 0 unspecified atom stereocenters. The van der Waals surface area contributed by atoms with Crippen LogP contribution in [0.1, 0.15) is 24.1 Å². The van der Waals surface area contributed by atoms with Gasteiger partial charge in [0, 0.05) is 51.0 Å². The van der Waals surface area contributed by atoms with Gasteiger partial charge in [-0.3, -0.25) is 0 Å². The van der Waals surface area contributed by atoms with Gasteiger partial charge in [-0.2, -0.15) is 4.98 Å². The van der Waals surface area contributed by atoms with Gasteiger partial charge in [-0.05, 0) is 44.7 Å². The normalized spacial score (nSPS) is 19.5. The number of aryl methyl sites for hydroxylation is 1. The first-order chi connectivity index (χ1) is 13.2. The fourth-order valence-electron chi connectivity index (χ4n) is 4.16. The van der Waals surface area contributed by atoms with E-state index < -0.39 is 0 Å². The van der Waals surface area contributed by atoms with Crippen LogP contribution in [-0.2, 0) is 6.42 Å². The molecule has 0 amide bonds. The fourth-order valence-corrected chi connectivity index (χ4v) is 4.16. The van der Waals surface area contributed by atoms with E-state index in [1.54, 1.807) is 0 Å². The van der Waals surface area contributed by atoms with Crippen molar-refractivity contribution >= 4 is 11.8 Å². The van der Waals surface area contributed by atoms with Gasteiger partial charge < -0.3 is 14.7 Å². The van der Waals surface area contributed by atoms with Crippen molar-refractivity contribution in [3.8, 4) is 0 Å². The topological polar surface area (TPSA) is 35.5 Å². The minimum atomic E-state index is 0.781. The molecular formula is C22H31N5. The Bertz CT molecular complexity index is 732. The molecule has 2 aliphatic rings. The van der Waals surface area contributed by atoms with Gasteiger partial charge in [-0.25, -0.2) is 4.98 Å². The van der Waals surface area contributed by atoms with E-state index in [4.69, 9.17) is 9.97 Å². The lowest BCUT2D eigenvalue weighted by molar-refractivity contribution is 0.311. The van der Waals surface area contributed by atoms with Gasteiger partial charge in [-0.15, -0.1) is 0 Å². The van der Waals surface area contributed by atoms with Gasteiger partial charge in [0.15, 0.2) is 0 Å². The Hall–Kier alpha value is -2.14. The van der Waals surface area contributed by atoms with E-state index in [0.717, 1.165) is 62.6 Å². The van der Waals surface area contributed by atoms with Gasteiger partial charge in [0.25, 0.3) is 0 Å². The third kappa shape index (κ3) is 4.59. The third-order valence-electron chi connectivity index (χ3n) is 5.92. The second-order valence-electron chi connectivity index (χ2n) is 8.08. The lowest BCUT2D eigenvalue weighted by atomic mass is 9.90. The molecule has 1 aromatic heterocycles. The second kappa shape index (κ2) is 8.26. The molecule has 0 bridgehead atoms. The maximum Gasteiger partial charge on any atom is 0.227 e. The van der Waals surface area contributed by atoms with E-state index in [2.05, 4.69) is 65.1 Å². The van der Waals surface area contributed by atoms with Crippen LogP contribution in [0.4, 0.5) is 11.8 Å². The molecule has 3 heterocycles. The zero-order valence-electron chi connectivity index (χ0n) is 16.6. The summed E-state index contributed by atoms with van der Waals surface area (Å²) in [4.78, 5) is 16.8. The van der Waals surface area contributed by atoms with Crippen molar-refractivity contribution in [1.29, 1.82) is 0 Å². The monoisotopic (exact) mass is 365 g/mol. The first-order valence-corrected chi connectivity index (χ1v) is 10.3. The number of aromatic nitrogens is 2. The summed E-state index contributed by atoms with van der Waals surface area (Å²) in [5.41, 5.74) is 2.53. The van der Waals surface area contributed by atoms with Gasteiger partial charge >= 0.3 is 0 Å². The van der Waals surface area contributed by atoms with E-state index >= 15 is 0 Å². The zero-order valence-corrected chi connectivity index (χ0v) is 16.6. The molecule has 4 rings (SSSR count). The van der Waals surface area contributed by atoms with Crippen molar-refractivity contribution in [2.75, 3.05) is 56.1 Å². The molecule has 2 fully saturated rings. The first-order valence-electron chi connectivity index (χ1n) is 10.3. The summed E-state index contributed by atoms with van der Waals surface area (Å²) >= 11 is 0. The second-order valence-corrected chi connectivity index (χ2v) is 8.08. The number of hydrogen-bond donors (Lipinski definition) is 0. The summed E-state index contributed by atoms with van der Waals surface area (Å²) in [6.45, 7) is 8.46. The number of rotatable bonds is 4. The Morgan fingerprint density at radius 3 is 2.30 bits per heavy atom. The number of hydrogen-bond acceptors (Lipinski definition) is 5. The molecule has 27 heavy (non-hydrogen) atoms. The lowest BCUT2D eigenvalue weighted by Crippen LogP contribution is -2.45. The van der Waals surface area contributed by atoms with E-state index in [9.17, 15) is 0 Å². The maximum atomic E-state index is 4.94. The first kappa shape index (κ1) is 18.2. The van der Waals surface area contributed by atoms with Crippen molar-refractivity contribution in [2.45, 2.75) is 26.2 Å². The Balaban J connectivity index is 1.39. The molecule has 144 valence electrons. The Labute approximate surface area is 163 Å². The van der Waals surface area contributed by atoms with Crippen molar-refractivity contribution < 1.29 is 0 Å². The van der Waals surface area contributed by atoms with Crippen molar-refractivity contribution in [2.24, 2.45) is 5.92 Å². The van der Waals surface area contributed by atoms with Crippen LogP contribution in [0.15, 0.2) is 36.4 Å². The molecule has 5 nitrogen and oxygen atoms in total. The highest BCUT2D eigenvalue weighted by Crippen LogP contribution is 2.26. The predicted molar refractivity (Wildman–Crippen MR) is 112 cm³/mol. The molecular weight excluding hydrogens is 334 g/mol. The summed E-state index contributed by atoms with van der Waals surface area (Å²) in [5, 5.41) is 0. The molecule has 0 N–H and O–H groups in total. The van der Waals surface area contributed by atoms with Crippen LogP contribution in [0.3, 0.4) is 0 Å². The summed E-state index contributed by atoms with van der Waals surface area (Å²) in [7, 11) is 2.18. The van der Waals surface area contributed by atoms with E-state index in [0.29, 0.717) is 0 Å².